The second kappa shape index (κ2) is 9.06. The highest BCUT2D eigenvalue weighted by Gasteiger charge is 2.51. The summed E-state index contributed by atoms with van der Waals surface area (Å²) in [5.74, 6) is 0.0613. The number of rotatable bonds is 6. The number of ether oxygens (including phenoxy) is 1. The Kier molecular flexibility index (Phi) is 5.95. The van der Waals surface area contributed by atoms with Gasteiger partial charge in [-0.3, -0.25) is 19.4 Å². The fourth-order valence-corrected chi connectivity index (χ4v) is 5.71. The molecule has 0 radical (unpaired) electrons. The lowest BCUT2D eigenvalue weighted by Crippen LogP contribution is -2.49. The number of hydrogen-bond acceptors (Lipinski definition) is 6. The van der Waals surface area contributed by atoms with Gasteiger partial charge in [0.05, 0.1) is 23.9 Å². The number of imide groups is 1. The number of anilines is 1. The van der Waals surface area contributed by atoms with Gasteiger partial charge >= 0.3 is 6.03 Å². The van der Waals surface area contributed by atoms with Crippen molar-refractivity contribution in [2.45, 2.75) is 44.2 Å². The van der Waals surface area contributed by atoms with Crippen LogP contribution < -0.4 is 15.0 Å². The van der Waals surface area contributed by atoms with Crippen LogP contribution in [0.4, 0.5) is 9.93 Å². The van der Waals surface area contributed by atoms with E-state index in [1.165, 1.54) is 11.3 Å². The molecule has 1 aromatic heterocycles. The van der Waals surface area contributed by atoms with E-state index in [0.717, 1.165) is 39.9 Å². The van der Waals surface area contributed by atoms with E-state index in [0.29, 0.717) is 23.7 Å². The Hall–Kier alpha value is -3.46. The van der Waals surface area contributed by atoms with Crippen LogP contribution in [0.1, 0.15) is 37.7 Å². The standard InChI is InChI=1S/C25H26N4O4S/c1-33-18-10-11-19-20(14-18)34-24(26-19)28(15-17-8-4-2-5-9-17)21(30)16-29-22(31)25(27-23(29)32)12-6-3-7-13-25/h2,4-5,8-11,14H,3,6-7,12-13,15-16H2,1H3,(H,27,32). The highest BCUT2D eigenvalue weighted by atomic mass is 32.1. The van der Waals surface area contributed by atoms with Gasteiger partial charge in [0.2, 0.25) is 5.91 Å². The molecule has 2 aromatic carbocycles. The van der Waals surface area contributed by atoms with Gasteiger partial charge < -0.3 is 10.1 Å². The van der Waals surface area contributed by atoms with Crippen molar-refractivity contribution in [2.24, 2.45) is 0 Å². The van der Waals surface area contributed by atoms with Crippen LogP contribution in [0.25, 0.3) is 10.2 Å². The average molecular weight is 479 g/mol. The van der Waals surface area contributed by atoms with Crippen LogP contribution in [0, 0.1) is 0 Å². The van der Waals surface area contributed by atoms with Gasteiger partial charge in [-0.25, -0.2) is 9.78 Å². The fourth-order valence-electron chi connectivity index (χ4n) is 4.70. The molecule has 5 rings (SSSR count). The van der Waals surface area contributed by atoms with Gasteiger partial charge in [-0.1, -0.05) is 60.9 Å². The molecule has 34 heavy (non-hydrogen) atoms. The molecule has 9 heteroatoms. The maximum atomic E-state index is 13.6. The van der Waals surface area contributed by atoms with Gasteiger partial charge in [0.15, 0.2) is 5.13 Å². The van der Waals surface area contributed by atoms with E-state index >= 15 is 0 Å². The van der Waals surface area contributed by atoms with E-state index < -0.39 is 11.6 Å². The Morgan fingerprint density at radius 1 is 1.15 bits per heavy atom. The number of benzene rings is 2. The van der Waals surface area contributed by atoms with Crippen LogP contribution in [0.3, 0.4) is 0 Å². The summed E-state index contributed by atoms with van der Waals surface area (Å²) in [6.45, 7) is -0.0378. The molecule has 1 N–H and O–H groups in total. The van der Waals surface area contributed by atoms with Crippen LogP contribution in [0.15, 0.2) is 48.5 Å². The summed E-state index contributed by atoms with van der Waals surface area (Å²) < 4.78 is 6.20. The Labute approximate surface area is 201 Å². The van der Waals surface area contributed by atoms with Gasteiger partial charge in [-0.05, 0) is 36.6 Å². The first kappa shape index (κ1) is 22.3. The van der Waals surface area contributed by atoms with E-state index in [2.05, 4.69) is 10.3 Å². The Bertz CT molecular complexity index is 1240. The second-order valence-electron chi connectivity index (χ2n) is 8.76. The first-order valence-electron chi connectivity index (χ1n) is 11.4. The number of hydrogen-bond donors (Lipinski definition) is 1. The molecule has 8 nitrogen and oxygen atoms in total. The zero-order chi connectivity index (χ0) is 23.7. The maximum absolute atomic E-state index is 13.6. The number of aromatic nitrogens is 1. The summed E-state index contributed by atoms with van der Waals surface area (Å²) >= 11 is 1.37. The second-order valence-corrected chi connectivity index (χ2v) is 9.77. The molecule has 1 aliphatic heterocycles. The maximum Gasteiger partial charge on any atom is 0.325 e. The third-order valence-corrected chi connectivity index (χ3v) is 7.59. The molecule has 2 aliphatic rings. The third kappa shape index (κ3) is 4.11. The van der Waals surface area contributed by atoms with E-state index in [9.17, 15) is 14.4 Å². The summed E-state index contributed by atoms with van der Waals surface area (Å²) in [7, 11) is 1.60. The minimum atomic E-state index is -0.855. The molecule has 176 valence electrons. The quantitative estimate of drug-likeness (QED) is 0.539. The van der Waals surface area contributed by atoms with Gasteiger partial charge in [-0.15, -0.1) is 0 Å². The summed E-state index contributed by atoms with van der Waals surface area (Å²) in [5, 5.41) is 3.39. The number of fused-ring (bicyclic) bond motifs is 1. The number of carbonyl (C=O) groups excluding carboxylic acids is 3. The largest absolute Gasteiger partial charge is 0.497 e. The smallest absolute Gasteiger partial charge is 0.325 e. The van der Waals surface area contributed by atoms with E-state index in [1.54, 1.807) is 12.0 Å². The van der Waals surface area contributed by atoms with Crippen molar-refractivity contribution in [3.8, 4) is 5.75 Å². The number of nitrogens with zero attached hydrogens (tertiary/aromatic N) is 3. The van der Waals surface area contributed by atoms with Gasteiger partial charge in [-0.2, -0.15) is 0 Å². The predicted octanol–water partition coefficient (Wildman–Crippen LogP) is 4.09. The van der Waals surface area contributed by atoms with E-state index in [1.807, 2.05) is 48.5 Å². The molecule has 0 bridgehead atoms. The normalized spacial score (nSPS) is 17.3. The molecule has 3 aromatic rings. The molecule has 0 atom stereocenters. The monoisotopic (exact) mass is 478 g/mol. The van der Waals surface area contributed by atoms with Gasteiger partial charge in [0, 0.05) is 0 Å². The lowest BCUT2D eigenvalue weighted by Gasteiger charge is -2.30. The summed E-state index contributed by atoms with van der Waals surface area (Å²) in [6, 6.07) is 14.7. The lowest BCUT2D eigenvalue weighted by atomic mass is 9.82. The number of thiazole rings is 1. The van der Waals surface area contributed by atoms with Crippen molar-refractivity contribution in [3.05, 3.63) is 54.1 Å². The number of amides is 4. The van der Waals surface area contributed by atoms with Crippen molar-refractivity contribution in [1.82, 2.24) is 15.2 Å². The molecule has 0 unspecified atom stereocenters. The Balaban J connectivity index is 1.44. The molecule has 1 saturated carbocycles. The number of methoxy groups -OCH3 is 1. The molecule has 2 fully saturated rings. The molecular weight excluding hydrogens is 452 g/mol. The highest BCUT2D eigenvalue weighted by molar-refractivity contribution is 7.22. The Morgan fingerprint density at radius 3 is 2.65 bits per heavy atom. The average Bonchev–Trinajstić information content (AvgIpc) is 3.37. The van der Waals surface area contributed by atoms with Crippen molar-refractivity contribution in [1.29, 1.82) is 0 Å². The SMILES string of the molecule is COc1ccc2nc(N(Cc3ccccc3)C(=O)CN3C(=O)NC4(CCCCC4)C3=O)sc2c1. The topological polar surface area (TPSA) is 91.8 Å². The number of urea groups is 1. The predicted molar refractivity (Wildman–Crippen MR) is 130 cm³/mol. The third-order valence-electron chi connectivity index (χ3n) is 6.55. The van der Waals surface area contributed by atoms with Crippen LogP contribution in [-0.2, 0) is 16.1 Å². The fraction of sp³-hybridized carbons (Fsp3) is 0.360. The molecule has 1 aliphatic carbocycles. The van der Waals surface area contributed by atoms with E-state index in [4.69, 9.17) is 4.74 Å². The van der Waals surface area contributed by atoms with Gasteiger partial charge in [0.1, 0.15) is 17.8 Å². The molecule has 2 heterocycles. The molecule has 1 spiro atoms. The summed E-state index contributed by atoms with van der Waals surface area (Å²) in [4.78, 5) is 46.8. The number of nitrogens with one attached hydrogen (secondary N) is 1. The molecular formula is C25H26N4O4S. The Morgan fingerprint density at radius 2 is 1.91 bits per heavy atom. The van der Waals surface area contributed by atoms with Crippen molar-refractivity contribution >= 4 is 44.5 Å². The van der Waals surface area contributed by atoms with Crippen molar-refractivity contribution in [2.75, 3.05) is 18.6 Å². The minimum absolute atomic E-state index is 0.283. The van der Waals surface area contributed by atoms with Crippen molar-refractivity contribution in [3.63, 3.8) is 0 Å². The van der Waals surface area contributed by atoms with Crippen LogP contribution >= 0.6 is 11.3 Å². The van der Waals surface area contributed by atoms with Crippen LogP contribution in [0.2, 0.25) is 0 Å². The van der Waals surface area contributed by atoms with Crippen LogP contribution in [0.5, 0.6) is 5.75 Å². The van der Waals surface area contributed by atoms with Crippen molar-refractivity contribution < 1.29 is 19.1 Å². The number of carbonyl (C=O) groups is 3. The zero-order valence-electron chi connectivity index (χ0n) is 19.0. The van der Waals surface area contributed by atoms with E-state index in [-0.39, 0.29) is 24.9 Å². The minimum Gasteiger partial charge on any atom is -0.497 e. The highest BCUT2D eigenvalue weighted by Crippen LogP contribution is 2.35. The zero-order valence-corrected chi connectivity index (χ0v) is 19.8. The summed E-state index contributed by atoms with van der Waals surface area (Å²) in [6.07, 6.45) is 4.08. The summed E-state index contributed by atoms with van der Waals surface area (Å²) in [5.41, 5.74) is 0.822. The lowest BCUT2D eigenvalue weighted by molar-refractivity contribution is -0.135. The van der Waals surface area contributed by atoms with Crippen LogP contribution in [-0.4, -0.2) is 46.9 Å². The first-order valence-corrected chi connectivity index (χ1v) is 12.2. The van der Waals surface area contributed by atoms with Gasteiger partial charge in [0.25, 0.3) is 5.91 Å². The molecule has 1 saturated heterocycles. The first-order chi connectivity index (χ1) is 16.5. The molecule has 4 amide bonds.